The summed E-state index contributed by atoms with van der Waals surface area (Å²) in [4.78, 5) is 25.9. The van der Waals surface area contributed by atoms with Gasteiger partial charge < -0.3 is 4.74 Å². The first-order chi connectivity index (χ1) is 11.9. The first kappa shape index (κ1) is 17.3. The number of carbonyl (C=O) groups is 2. The lowest BCUT2D eigenvalue weighted by Crippen LogP contribution is -2.22. The third kappa shape index (κ3) is 3.94. The van der Waals surface area contributed by atoms with E-state index in [0.29, 0.717) is 15.0 Å². The van der Waals surface area contributed by atoms with Gasteiger partial charge in [0.2, 0.25) is 0 Å². The molecule has 1 saturated heterocycles. The van der Waals surface area contributed by atoms with Gasteiger partial charge in [0, 0.05) is 7.05 Å². The lowest BCUT2D eigenvalue weighted by atomic mass is 10.2. The third-order valence-corrected chi connectivity index (χ3v) is 4.94. The molecule has 7 heteroatoms. The van der Waals surface area contributed by atoms with Crippen molar-refractivity contribution in [3.05, 3.63) is 70.4 Å². The van der Waals surface area contributed by atoms with Gasteiger partial charge in [0.25, 0.3) is 5.91 Å². The Kier molecular flexibility index (Phi) is 4.96. The first-order valence-corrected chi connectivity index (χ1v) is 8.46. The van der Waals surface area contributed by atoms with Gasteiger partial charge in [0.05, 0.1) is 10.5 Å². The maximum absolute atomic E-state index is 12.9. The predicted molar refractivity (Wildman–Crippen MR) is 98.7 cm³/mol. The van der Waals surface area contributed by atoms with Gasteiger partial charge in [-0.15, -0.1) is 0 Å². The molecule has 2 aromatic carbocycles. The fraction of sp³-hybridized carbons (Fsp3) is 0.0556. The number of nitrogens with zero attached hydrogens (tertiary/aromatic N) is 1. The van der Waals surface area contributed by atoms with E-state index in [0.717, 1.165) is 5.56 Å². The second-order valence-electron chi connectivity index (χ2n) is 5.21. The summed E-state index contributed by atoms with van der Waals surface area (Å²) >= 11 is 6.32. The molecule has 1 aliphatic rings. The molecule has 0 aromatic heterocycles. The van der Waals surface area contributed by atoms with Crippen LogP contribution in [0, 0.1) is 5.82 Å². The molecule has 1 amide bonds. The van der Waals surface area contributed by atoms with E-state index < -0.39 is 11.8 Å². The Morgan fingerprint density at radius 3 is 2.36 bits per heavy atom. The molecule has 3 rings (SSSR count). The van der Waals surface area contributed by atoms with Gasteiger partial charge in [0.15, 0.2) is 0 Å². The molecule has 0 N–H and O–H groups in total. The van der Waals surface area contributed by atoms with Gasteiger partial charge in [-0.1, -0.05) is 36.1 Å². The Morgan fingerprint density at radius 2 is 1.80 bits per heavy atom. The Labute approximate surface area is 153 Å². The SMILES string of the molecule is CN1C(=O)/C(=C/c2ccc(OC(=O)c3ccc(F)cc3)cc2)SC1=S. The van der Waals surface area contributed by atoms with Crippen molar-refractivity contribution < 1.29 is 18.7 Å². The van der Waals surface area contributed by atoms with Crippen molar-refractivity contribution in [3.63, 3.8) is 0 Å². The van der Waals surface area contributed by atoms with Crippen molar-refractivity contribution in [1.82, 2.24) is 4.90 Å². The number of likely N-dealkylation sites (N-methyl/N-ethyl adjacent to an activating group) is 1. The van der Waals surface area contributed by atoms with Crippen LogP contribution in [-0.4, -0.2) is 28.1 Å². The molecule has 0 atom stereocenters. The minimum absolute atomic E-state index is 0.137. The van der Waals surface area contributed by atoms with Crippen LogP contribution in [0.2, 0.25) is 0 Å². The number of hydrogen-bond acceptors (Lipinski definition) is 5. The molecule has 2 aromatic rings. The minimum Gasteiger partial charge on any atom is -0.423 e. The summed E-state index contributed by atoms with van der Waals surface area (Å²) in [7, 11) is 1.64. The van der Waals surface area contributed by atoms with Gasteiger partial charge in [0.1, 0.15) is 15.9 Å². The standard InChI is InChI=1S/C18H12FNO3S2/c1-20-16(21)15(25-18(20)24)10-11-2-8-14(9-3-11)23-17(22)12-4-6-13(19)7-5-12/h2-10H,1H3/b15-10-. The van der Waals surface area contributed by atoms with E-state index >= 15 is 0 Å². The normalized spacial score (nSPS) is 15.8. The Balaban J connectivity index is 1.70. The molecule has 0 spiro atoms. The van der Waals surface area contributed by atoms with Gasteiger partial charge in [-0.2, -0.15) is 0 Å². The zero-order valence-electron chi connectivity index (χ0n) is 13.1. The molecule has 0 bridgehead atoms. The van der Waals surface area contributed by atoms with Crippen molar-refractivity contribution in [3.8, 4) is 5.75 Å². The number of amides is 1. The fourth-order valence-corrected chi connectivity index (χ4v) is 3.26. The summed E-state index contributed by atoms with van der Waals surface area (Å²) in [5, 5.41) is 0. The molecule has 1 fully saturated rings. The highest BCUT2D eigenvalue weighted by molar-refractivity contribution is 8.26. The van der Waals surface area contributed by atoms with Crippen LogP contribution >= 0.6 is 24.0 Å². The molecule has 4 nitrogen and oxygen atoms in total. The molecule has 1 heterocycles. The molecule has 0 saturated carbocycles. The summed E-state index contributed by atoms with van der Waals surface area (Å²) in [5.74, 6) is -0.769. The maximum Gasteiger partial charge on any atom is 0.343 e. The van der Waals surface area contributed by atoms with Gasteiger partial charge in [-0.3, -0.25) is 9.69 Å². The summed E-state index contributed by atoms with van der Waals surface area (Å²) in [5.41, 5.74) is 1.05. The van der Waals surface area contributed by atoms with Gasteiger partial charge >= 0.3 is 5.97 Å². The average molecular weight is 373 g/mol. The van der Waals surface area contributed by atoms with Crippen LogP contribution in [0.25, 0.3) is 6.08 Å². The topological polar surface area (TPSA) is 46.6 Å². The van der Waals surface area contributed by atoms with E-state index in [9.17, 15) is 14.0 Å². The first-order valence-electron chi connectivity index (χ1n) is 7.23. The van der Waals surface area contributed by atoms with Gasteiger partial charge in [-0.25, -0.2) is 9.18 Å². The number of benzene rings is 2. The van der Waals surface area contributed by atoms with Crippen molar-refractivity contribution in [2.24, 2.45) is 0 Å². The van der Waals surface area contributed by atoms with E-state index in [-0.39, 0.29) is 11.5 Å². The van der Waals surface area contributed by atoms with Gasteiger partial charge in [-0.05, 0) is 48.0 Å². The Bertz CT molecular complexity index is 876. The number of esters is 1. The number of thioether (sulfide) groups is 1. The van der Waals surface area contributed by atoms with E-state index in [1.165, 1.54) is 40.9 Å². The number of hydrogen-bond donors (Lipinski definition) is 0. The molecular formula is C18H12FNO3S2. The van der Waals surface area contributed by atoms with E-state index in [1.807, 2.05) is 0 Å². The summed E-state index contributed by atoms with van der Waals surface area (Å²) in [6, 6.07) is 11.8. The highest BCUT2D eigenvalue weighted by Gasteiger charge is 2.28. The molecule has 1 aliphatic heterocycles. The van der Waals surface area contributed by atoms with Crippen LogP contribution < -0.4 is 4.74 Å². The smallest absolute Gasteiger partial charge is 0.343 e. The lowest BCUT2D eigenvalue weighted by Gasteiger charge is -2.05. The van der Waals surface area contributed by atoms with Crippen LogP contribution in [0.4, 0.5) is 4.39 Å². The van der Waals surface area contributed by atoms with Crippen molar-refractivity contribution in [2.45, 2.75) is 0 Å². The highest BCUT2D eigenvalue weighted by atomic mass is 32.2. The molecule has 0 unspecified atom stereocenters. The number of rotatable bonds is 3. The maximum atomic E-state index is 12.9. The predicted octanol–water partition coefficient (Wildman–Crippen LogP) is 3.88. The lowest BCUT2D eigenvalue weighted by molar-refractivity contribution is -0.121. The monoisotopic (exact) mass is 373 g/mol. The van der Waals surface area contributed by atoms with Crippen molar-refractivity contribution in [1.29, 1.82) is 0 Å². The highest BCUT2D eigenvalue weighted by Crippen LogP contribution is 2.31. The number of ether oxygens (including phenoxy) is 1. The second-order valence-corrected chi connectivity index (χ2v) is 6.88. The fourth-order valence-electron chi connectivity index (χ4n) is 2.08. The molecule has 0 aliphatic carbocycles. The zero-order chi connectivity index (χ0) is 18.0. The third-order valence-electron chi connectivity index (χ3n) is 3.45. The Morgan fingerprint density at radius 1 is 1.16 bits per heavy atom. The van der Waals surface area contributed by atoms with Crippen LogP contribution in [0.3, 0.4) is 0 Å². The number of thiocarbonyl (C=S) groups is 1. The zero-order valence-corrected chi connectivity index (χ0v) is 14.7. The average Bonchev–Trinajstić information content (AvgIpc) is 2.84. The van der Waals surface area contributed by atoms with Crippen LogP contribution in [0.1, 0.15) is 15.9 Å². The van der Waals surface area contributed by atoms with Crippen molar-refractivity contribution >= 4 is 46.3 Å². The second kappa shape index (κ2) is 7.16. The quantitative estimate of drug-likeness (QED) is 0.354. The molecule has 126 valence electrons. The molecular weight excluding hydrogens is 361 g/mol. The summed E-state index contributed by atoms with van der Waals surface area (Å²) in [6.07, 6.45) is 1.73. The van der Waals surface area contributed by atoms with Crippen LogP contribution in [-0.2, 0) is 4.79 Å². The minimum atomic E-state index is -0.570. The van der Waals surface area contributed by atoms with E-state index in [4.69, 9.17) is 17.0 Å². The Hall–Kier alpha value is -2.51. The summed E-state index contributed by atoms with van der Waals surface area (Å²) < 4.78 is 18.6. The molecule has 25 heavy (non-hydrogen) atoms. The number of carbonyl (C=O) groups excluding carboxylic acids is 2. The largest absolute Gasteiger partial charge is 0.423 e. The summed E-state index contributed by atoms with van der Waals surface area (Å²) in [6.45, 7) is 0. The molecule has 0 radical (unpaired) electrons. The number of halogens is 1. The van der Waals surface area contributed by atoms with Crippen molar-refractivity contribution in [2.75, 3.05) is 7.05 Å². The van der Waals surface area contributed by atoms with Crippen LogP contribution in [0.15, 0.2) is 53.4 Å². The van der Waals surface area contributed by atoms with E-state index in [2.05, 4.69) is 0 Å². The van der Waals surface area contributed by atoms with E-state index in [1.54, 1.807) is 37.4 Å². The van der Waals surface area contributed by atoms with Crippen LogP contribution in [0.5, 0.6) is 5.75 Å².